The third kappa shape index (κ3) is 4.43. The number of aliphatic imine (C=N–C) groups is 1. The first kappa shape index (κ1) is 17.6. The van der Waals surface area contributed by atoms with Crippen LogP contribution in [0.15, 0.2) is 4.99 Å². The van der Waals surface area contributed by atoms with Gasteiger partial charge in [0.2, 0.25) is 0 Å². The molecule has 7 heteroatoms. The van der Waals surface area contributed by atoms with E-state index in [2.05, 4.69) is 38.6 Å². The summed E-state index contributed by atoms with van der Waals surface area (Å²) in [5.74, 6) is 3.04. The largest absolute Gasteiger partial charge is 0.357 e. The summed E-state index contributed by atoms with van der Waals surface area (Å²) in [6, 6.07) is 0.538. The topological polar surface area (TPSA) is 67.1 Å². The molecule has 0 spiro atoms. The highest BCUT2D eigenvalue weighted by Gasteiger charge is 2.24. The highest BCUT2D eigenvalue weighted by molar-refractivity contribution is 7.99. The summed E-state index contributed by atoms with van der Waals surface area (Å²) >= 11 is 1.98. The summed E-state index contributed by atoms with van der Waals surface area (Å²) in [5, 5.41) is 16.5. The molecule has 2 heterocycles. The monoisotopic (exact) mass is 350 g/mol. The Bertz CT molecular complexity index is 555. The SMILES string of the molecule is CCNC(=NCc1nnc2n1CCCCC2)NC1CCC(SC)C1. The zero-order valence-corrected chi connectivity index (χ0v) is 15.7. The molecule has 0 aromatic carbocycles. The van der Waals surface area contributed by atoms with Gasteiger partial charge >= 0.3 is 0 Å². The third-order valence-corrected chi connectivity index (χ3v) is 6.06. The first-order valence-electron chi connectivity index (χ1n) is 9.28. The number of nitrogens with one attached hydrogen (secondary N) is 2. The Hall–Kier alpha value is -1.24. The summed E-state index contributed by atoms with van der Waals surface area (Å²) in [5.41, 5.74) is 0. The maximum atomic E-state index is 4.77. The minimum Gasteiger partial charge on any atom is -0.357 e. The predicted molar refractivity (Wildman–Crippen MR) is 100 cm³/mol. The molecule has 24 heavy (non-hydrogen) atoms. The van der Waals surface area contributed by atoms with Gasteiger partial charge in [0, 0.05) is 30.8 Å². The lowest BCUT2D eigenvalue weighted by Crippen LogP contribution is -2.42. The molecule has 0 radical (unpaired) electrons. The second-order valence-electron chi connectivity index (χ2n) is 6.70. The molecule has 1 saturated carbocycles. The summed E-state index contributed by atoms with van der Waals surface area (Å²) in [7, 11) is 0. The fraction of sp³-hybridized carbons (Fsp3) is 0.824. The van der Waals surface area contributed by atoms with Crippen molar-refractivity contribution in [1.29, 1.82) is 0 Å². The van der Waals surface area contributed by atoms with Crippen LogP contribution in [0.2, 0.25) is 0 Å². The van der Waals surface area contributed by atoms with Gasteiger partial charge in [-0.25, -0.2) is 4.99 Å². The predicted octanol–water partition coefficient (Wildman–Crippen LogP) is 2.34. The number of hydrogen-bond acceptors (Lipinski definition) is 4. The third-order valence-electron chi connectivity index (χ3n) is 4.97. The van der Waals surface area contributed by atoms with Crippen molar-refractivity contribution in [3.05, 3.63) is 11.6 Å². The van der Waals surface area contributed by atoms with E-state index in [0.717, 1.165) is 42.4 Å². The van der Waals surface area contributed by atoms with Crippen LogP contribution >= 0.6 is 11.8 Å². The highest BCUT2D eigenvalue weighted by Crippen LogP contribution is 2.28. The lowest BCUT2D eigenvalue weighted by Gasteiger charge is -2.17. The van der Waals surface area contributed by atoms with Crippen LogP contribution in [0.1, 0.15) is 57.1 Å². The molecule has 1 aliphatic heterocycles. The molecule has 2 atom stereocenters. The molecule has 2 unspecified atom stereocenters. The Morgan fingerprint density at radius 3 is 3.00 bits per heavy atom. The van der Waals surface area contributed by atoms with E-state index in [1.807, 2.05) is 11.8 Å². The number of aryl methyl sites for hydroxylation is 1. The Balaban J connectivity index is 1.63. The molecular weight excluding hydrogens is 320 g/mol. The van der Waals surface area contributed by atoms with Gasteiger partial charge < -0.3 is 15.2 Å². The van der Waals surface area contributed by atoms with E-state index in [4.69, 9.17) is 4.99 Å². The molecule has 1 aliphatic carbocycles. The maximum absolute atomic E-state index is 4.77. The minimum atomic E-state index is 0.538. The Kier molecular flexibility index (Phi) is 6.40. The molecule has 0 saturated heterocycles. The molecule has 2 N–H and O–H groups in total. The van der Waals surface area contributed by atoms with E-state index in [-0.39, 0.29) is 0 Å². The van der Waals surface area contributed by atoms with Gasteiger partial charge in [0.1, 0.15) is 12.4 Å². The Labute approximate surface area is 149 Å². The smallest absolute Gasteiger partial charge is 0.191 e. The molecule has 2 aliphatic rings. The van der Waals surface area contributed by atoms with Crippen LogP contribution in [-0.4, -0.2) is 44.8 Å². The fourth-order valence-corrected chi connectivity index (χ4v) is 4.41. The molecule has 0 bridgehead atoms. The lowest BCUT2D eigenvalue weighted by molar-refractivity contribution is 0.598. The van der Waals surface area contributed by atoms with Crippen molar-refractivity contribution in [2.24, 2.45) is 4.99 Å². The van der Waals surface area contributed by atoms with Crippen molar-refractivity contribution in [3.63, 3.8) is 0 Å². The number of guanidine groups is 1. The van der Waals surface area contributed by atoms with Crippen LogP contribution in [0.4, 0.5) is 0 Å². The van der Waals surface area contributed by atoms with Crippen LogP contribution in [0.5, 0.6) is 0 Å². The van der Waals surface area contributed by atoms with Gasteiger partial charge in [0.05, 0.1) is 0 Å². The van der Waals surface area contributed by atoms with Gasteiger partial charge in [0.15, 0.2) is 11.8 Å². The van der Waals surface area contributed by atoms with E-state index < -0.39 is 0 Å². The van der Waals surface area contributed by atoms with Crippen molar-refractivity contribution in [2.75, 3.05) is 12.8 Å². The lowest BCUT2D eigenvalue weighted by atomic mass is 10.2. The van der Waals surface area contributed by atoms with Gasteiger partial charge in [-0.3, -0.25) is 0 Å². The summed E-state index contributed by atoms with van der Waals surface area (Å²) in [6.07, 6.45) is 10.8. The average molecular weight is 351 g/mol. The van der Waals surface area contributed by atoms with Crippen LogP contribution in [0, 0.1) is 0 Å². The Morgan fingerprint density at radius 2 is 2.21 bits per heavy atom. The van der Waals surface area contributed by atoms with Crippen molar-refractivity contribution < 1.29 is 0 Å². The van der Waals surface area contributed by atoms with Crippen LogP contribution < -0.4 is 10.6 Å². The molecular formula is C17H30N6S. The zero-order valence-electron chi connectivity index (χ0n) is 14.9. The molecule has 1 fully saturated rings. The molecule has 1 aromatic rings. The summed E-state index contributed by atoms with van der Waals surface area (Å²) < 4.78 is 2.28. The normalized spacial score (nSPS) is 24.5. The van der Waals surface area contributed by atoms with Gasteiger partial charge in [-0.05, 0) is 45.3 Å². The maximum Gasteiger partial charge on any atom is 0.191 e. The first-order chi connectivity index (χ1) is 11.8. The van der Waals surface area contributed by atoms with E-state index in [1.54, 1.807) is 0 Å². The molecule has 1 aromatic heterocycles. The first-order valence-corrected chi connectivity index (χ1v) is 10.6. The number of nitrogens with zero attached hydrogens (tertiary/aromatic N) is 4. The van der Waals surface area contributed by atoms with Crippen LogP contribution in [0.3, 0.4) is 0 Å². The Morgan fingerprint density at radius 1 is 1.29 bits per heavy atom. The van der Waals surface area contributed by atoms with E-state index in [0.29, 0.717) is 12.6 Å². The average Bonchev–Trinajstić information content (AvgIpc) is 3.13. The van der Waals surface area contributed by atoms with Crippen molar-refractivity contribution in [2.45, 2.75) is 76.3 Å². The number of aromatic nitrogens is 3. The molecule has 134 valence electrons. The standard InChI is InChI=1S/C17H30N6S/c1-3-18-17(20-13-8-9-14(11-13)24-2)19-12-16-22-21-15-7-5-4-6-10-23(15)16/h13-14H,3-12H2,1-2H3,(H2,18,19,20). The summed E-state index contributed by atoms with van der Waals surface area (Å²) in [4.78, 5) is 4.77. The number of hydrogen-bond donors (Lipinski definition) is 2. The van der Waals surface area contributed by atoms with Gasteiger partial charge in [-0.15, -0.1) is 10.2 Å². The van der Waals surface area contributed by atoms with Crippen molar-refractivity contribution >= 4 is 17.7 Å². The number of rotatable bonds is 5. The van der Waals surface area contributed by atoms with Crippen LogP contribution in [-0.2, 0) is 19.5 Å². The van der Waals surface area contributed by atoms with Crippen LogP contribution in [0.25, 0.3) is 0 Å². The zero-order chi connectivity index (χ0) is 16.8. The van der Waals surface area contributed by atoms with Gasteiger partial charge in [-0.1, -0.05) is 6.42 Å². The summed E-state index contributed by atoms with van der Waals surface area (Å²) in [6.45, 7) is 4.62. The fourth-order valence-electron chi connectivity index (χ4n) is 3.61. The molecule has 3 rings (SSSR count). The second-order valence-corrected chi connectivity index (χ2v) is 7.84. The highest BCUT2D eigenvalue weighted by atomic mass is 32.2. The van der Waals surface area contributed by atoms with E-state index in [1.165, 1.54) is 38.5 Å². The van der Waals surface area contributed by atoms with Gasteiger partial charge in [0.25, 0.3) is 0 Å². The van der Waals surface area contributed by atoms with Crippen molar-refractivity contribution in [3.8, 4) is 0 Å². The van der Waals surface area contributed by atoms with Crippen molar-refractivity contribution in [1.82, 2.24) is 25.4 Å². The minimum absolute atomic E-state index is 0.538. The second kappa shape index (κ2) is 8.74. The van der Waals surface area contributed by atoms with E-state index in [9.17, 15) is 0 Å². The number of thioether (sulfide) groups is 1. The number of fused-ring (bicyclic) bond motifs is 1. The van der Waals surface area contributed by atoms with Gasteiger partial charge in [-0.2, -0.15) is 11.8 Å². The van der Waals surface area contributed by atoms with E-state index >= 15 is 0 Å². The molecule has 0 amide bonds. The quantitative estimate of drug-likeness (QED) is 0.630. The molecule has 6 nitrogen and oxygen atoms in total.